The number of nitro benzene ring substituents is 1. The lowest BCUT2D eigenvalue weighted by atomic mass is 10.3. The first-order valence-corrected chi connectivity index (χ1v) is 8.49. The van der Waals surface area contributed by atoms with Gasteiger partial charge in [0.15, 0.2) is 5.03 Å². The Kier molecular flexibility index (Phi) is 3.76. The fraction of sp³-hybridized carbons (Fsp3) is 0.125. The van der Waals surface area contributed by atoms with Crippen molar-refractivity contribution >= 4 is 21.0 Å². The molecule has 24 heavy (non-hydrogen) atoms. The summed E-state index contributed by atoms with van der Waals surface area (Å²) < 4.78 is 33.0. The van der Waals surface area contributed by atoms with E-state index in [1.165, 1.54) is 29.7 Å². The van der Waals surface area contributed by atoms with Crippen LogP contribution in [0.5, 0.6) is 5.75 Å². The largest absolute Gasteiger partial charge is 0.494 e. The number of nitro groups is 1. The van der Waals surface area contributed by atoms with Gasteiger partial charge in [-0.05, 0) is 25.1 Å². The number of methoxy groups -OCH3 is 1. The number of benzene rings is 1. The van der Waals surface area contributed by atoms with Crippen LogP contribution in [0.1, 0.15) is 5.56 Å². The number of ether oxygens (including phenoxy) is 1. The number of rotatable bonds is 4. The smallest absolute Gasteiger partial charge is 0.270 e. The Bertz CT molecular complexity index is 1050. The second-order valence-electron chi connectivity index (χ2n) is 5.18. The van der Waals surface area contributed by atoms with Crippen molar-refractivity contribution in [1.82, 2.24) is 4.40 Å². The third kappa shape index (κ3) is 2.31. The summed E-state index contributed by atoms with van der Waals surface area (Å²) in [4.78, 5) is 10.2. The zero-order valence-electron chi connectivity index (χ0n) is 13.0. The van der Waals surface area contributed by atoms with Crippen LogP contribution < -0.4 is 4.74 Å². The minimum atomic E-state index is -3.96. The molecule has 2 heterocycles. The number of nitrogens with zero attached hydrogens (tertiary/aromatic N) is 2. The van der Waals surface area contributed by atoms with Crippen molar-refractivity contribution in [3.05, 3.63) is 64.3 Å². The summed E-state index contributed by atoms with van der Waals surface area (Å²) >= 11 is 0. The zero-order valence-corrected chi connectivity index (χ0v) is 13.8. The van der Waals surface area contributed by atoms with E-state index in [9.17, 15) is 18.5 Å². The van der Waals surface area contributed by atoms with E-state index >= 15 is 0 Å². The number of hydrogen-bond acceptors (Lipinski definition) is 5. The molecule has 0 aliphatic heterocycles. The Morgan fingerprint density at radius 2 is 1.92 bits per heavy atom. The van der Waals surface area contributed by atoms with Crippen molar-refractivity contribution in [2.24, 2.45) is 0 Å². The molecular weight excluding hydrogens is 332 g/mol. The van der Waals surface area contributed by atoms with Gasteiger partial charge >= 0.3 is 0 Å². The molecule has 0 N–H and O–H groups in total. The first-order valence-electron chi connectivity index (χ1n) is 7.01. The molecule has 0 fully saturated rings. The van der Waals surface area contributed by atoms with Crippen LogP contribution in [0.15, 0.2) is 58.6 Å². The molecule has 0 aliphatic rings. The number of aromatic nitrogens is 1. The van der Waals surface area contributed by atoms with Crippen molar-refractivity contribution in [3.63, 3.8) is 0 Å². The highest BCUT2D eigenvalue weighted by Crippen LogP contribution is 2.36. The lowest BCUT2D eigenvalue weighted by molar-refractivity contribution is -0.385. The summed E-state index contributed by atoms with van der Waals surface area (Å²) in [5, 5.41) is 11.0. The average Bonchev–Trinajstić information content (AvgIpc) is 2.86. The second kappa shape index (κ2) is 5.64. The Balaban J connectivity index is 2.32. The molecule has 0 saturated heterocycles. The molecule has 0 spiro atoms. The molecule has 0 saturated carbocycles. The van der Waals surface area contributed by atoms with Crippen LogP contribution in [0.3, 0.4) is 0 Å². The summed E-state index contributed by atoms with van der Waals surface area (Å²) in [6, 6.07) is 10.2. The Morgan fingerprint density at radius 1 is 1.17 bits per heavy atom. The predicted molar refractivity (Wildman–Crippen MR) is 87.2 cm³/mol. The van der Waals surface area contributed by atoms with Gasteiger partial charge in [-0.15, -0.1) is 0 Å². The molecule has 0 unspecified atom stereocenters. The third-order valence-corrected chi connectivity index (χ3v) is 5.66. The van der Waals surface area contributed by atoms with E-state index in [-0.39, 0.29) is 15.6 Å². The van der Waals surface area contributed by atoms with Crippen LogP contribution >= 0.6 is 0 Å². The molecule has 124 valence electrons. The van der Waals surface area contributed by atoms with E-state index in [0.717, 1.165) is 6.07 Å². The number of pyridine rings is 1. The summed E-state index contributed by atoms with van der Waals surface area (Å²) in [6.45, 7) is 1.65. The second-order valence-corrected chi connectivity index (χ2v) is 7.04. The van der Waals surface area contributed by atoms with Gasteiger partial charge in [0.2, 0.25) is 9.84 Å². The minimum Gasteiger partial charge on any atom is -0.494 e. The van der Waals surface area contributed by atoms with Gasteiger partial charge in [0.05, 0.1) is 22.4 Å². The Morgan fingerprint density at radius 3 is 2.58 bits per heavy atom. The first kappa shape index (κ1) is 16.0. The van der Waals surface area contributed by atoms with E-state index in [1.54, 1.807) is 31.3 Å². The van der Waals surface area contributed by atoms with Gasteiger partial charge in [-0.1, -0.05) is 12.1 Å². The van der Waals surface area contributed by atoms with E-state index in [1.807, 2.05) is 0 Å². The molecule has 0 radical (unpaired) electrons. The molecule has 1 aromatic carbocycles. The van der Waals surface area contributed by atoms with E-state index < -0.39 is 14.8 Å². The lowest BCUT2D eigenvalue weighted by Gasteiger charge is -2.06. The van der Waals surface area contributed by atoms with Crippen LogP contribution in [-0.2, 0) is 9.84 Å². The summed E-state index contributed by atoms with van der Waals surface area (Å²) in [5.74, 6) is 0.458. The van der Waals surface area contributed by atoms with Gasteiger partial charge in [0, 0.05) is 23.9 Å². The number of non-ortho nitro benzene ring substituents is 1. The van der Waals surface area contributed by atoms with E-state index in [4.69, 9.17) is 4.74 Å². The molecule has 7 nitrogen and oxygen atoms in total. The number of hydrogen-bond donors (Lipinski definition) is 0. The monoisotopic (exact) mass is 346 g/mol. The fourth-order valence-electron chi connectivity index (χ4n) is 2.74. The van der Waals surface area contributed by atoms with Crippen molar-refractivity contribution in [3.8, 4) is 5.75 Å². The number of fused-ring (bicyclic) bond motifs is 1. The summed E-state index contributed by atoms with van der Waals surface area (Å²) in [5.41, 5.74) is 0.790. The van der Waals surface area contributed by atoms with Crippen molar-refractivity contribution in [2.75, 3.05) is 7.11 Å². The molecule has 8 heteroatoms. The summed E-state index contributed by atoms with van der Waals surface area (Å²) in [6.07, 6.45) is 1.62. The average molecular weight is 346 g/mol. The maximum atomic E-state index is 13.1. The Hall–Kier alpha value is -2.87. The van der Waals surface area contributed by atoms with Gasteiger partial charge in [0.1, 0.15) is 5.75 Å². The molecule has 2 aromatic heterocycles. The van der Waals surface area contributed by atoms with Gasteiger partial charge in [-0.3, -0.25) is 10.1 Å². The number of sulfone groups is 1. The SMILES string of the molecule is COc1c(C)c(S(=O)(=O)c2cccc([N+](=O)[O-])c2)n2ccccc12. The zero-order chi connectivity index (χ0) is 17.5. The van der Waals surface area contributed by atoms with Crippen molar-refractivity contribution in [2.45, 2.75) is 16.8 Å². The van der Waals surface area contributed by atoms with Crippen LogP contribution in [0, 0.1) is 17.0 Å². The van der Waals surface area contributed by atoms with Gasteiger partial charge in [-0.2, -0.15) is 0 Å². The normalized spacial score (nSPS) is 11.6. The van der Waals surface area contributed by atoms with Crippen LogP contribution in [-0.4, -0.2) is 24.9 Å². The fourth-order valence-corrected chi connectivity index (χ4v) is 4.41. The third-order valence-electron chi connectivity index (χ3n) is 3.77. The van der Waals surface area contributed by atoms with Gasteiger partial charge in [-0.25, -0.2) is 8.42 Å². The van der Waals surface area contributed by atoms with Gasteiger partial charge < -0.3 is 9.14 Å². The van der Waals surface area contributed by atoms with E-state index in [0.29, 0.717) is 16.8 Å². The Labute approximate surface area is 138 Å². The molecular formula is C16H14N2O5S. The molecule has 0 bridgehead atoms. The van der Waals surface area contributed by atoms with Crippen LogP contribution in [0.25, 0.3) is 5.52 Å². The van der Waals surface area contributed by atoms with E-state index in [2.05, 4.69) is 0 Å². The molecule has 0 atom stereocenters. The maximum Gasteiger partial charge on any atom is 0.270 e. The highest BCUT2D eigenvalue weighted by Gasteiger charge is 2.28. The predicted octanol–water partition coefficient (Wildman–Crippen LogP) is 3.00. The quantitative estimate of drug-likeness (QED) is 0.535. The molecule has 3 rings (SSSR count). The van der Waals surface area contributed by atoms with Crippen molar-refractivity contribution < 1.29 is 18.1 Å². The molecule has 0 aliphatic carbocycles. The van der Waals surface area contributed by atoms with Crippen molar-refractivity contribution in [1.29, 1.82) is 0 Å². The van der Waals surface area contributed by atoms with Crippen LogP contribution in [0.2, 0.25) is 0 Å². The molecule has 3 aromatic rings. The highest BCUT2D eigenvalue weighted by molar-refractivity contribution is 7.91. The van der Waals surface area contributed by atoms with Crippen LogP contribution in [0.4, 0.5) is 5.69 Å². The standard InChI is InChI=1S/C16H14N2O5S/c1-11-15(23-2)14-8-3-4-9-17(14)16(11)24(21,22)13-7-5-6-12(10-13)18(19)20/h3-10H,1-2H3. The minimum absolute atomic E-state index is 0.0375. The highest BCUT2D eigenvalue weighted by atomic mass is 32.2. The molecule has 0 amide bonds. The topological polar surface area (TPSA) is 90.9 Å². The first-order chi connectivity index (χ1) is 11.4. The maximum absolute atomic E-state index is 13.1. The lowest BCUT2D eigenvalue weighted by Crippen LogP contribution is -2.07. The summed E-state index contributed by atoms with van der Waals surface area (Å²) in [7, 11) is -2.49. The van der Waals surface area contributed by atoms with Gasteiger partial charge in [0.25, 0.3) is 5.69 Å².